The molecule has 0 aliphatic carbocycles. The van der Waals surface area contributed by atoms with Gasteiger partial charge in [-0.25, -0.2) is 4.79 Å². The summed E-state index contributed by atoms with van der Waals surface area (Å²) in [4.78, 5) is 32.9. The van der Waals surface area contributed by atoms with Crippen molar-refractivity contribution in [2.75, 3.05) is 6.54 Å². The van der Waals surface area contributed by atoms with Crippen LogP contribution in [-0.4, -0.2) is 46.7 Å². The lowest BCUT2D eigenvalue weighted by molar-refractivity contribution is -0.142. The van der Waals surface area contributed by atoms with Crippen LogP contribution in [-0.2, 0) is 14.4 Å². The third-order valence-electron chi connectivity index (χ3n) is 2.57. The fourth-order valence-electron chi connectivity index (χ4n) is 1.44. The lowest BCUT2D eigenvalue weighted by Gasteiger charge is -2.17. The lowest BCUT2D eigenvalue weighted by atomic mass is 10.1. The zero-order valence-corrected chi connectivity index (χ0v) is 10.7. The van der Waals surface area contributed by atoms with Crippen LogP contribution in [0.5, 0.6) is 0 Å². The molecule has 1 amide bonds. The lowest BCUT2D eigenvalue weighted by Crippen LogP contribution is -2.48. The van der Waals surface area contributed by atoms with Gasteiger partial charge in [0.15, 0.2) is 0 Å². The molecule has 8 heteroatoms. The number of unbranched alkanes of at least 4 members (excludes halogenated alkanes) is 1. The van der Waals surface area contributed by atoms with E-state index in [1.165, 1.54) is 0 Å². The maximum Gasteiger partial charge on any atom is 0.326 e. The van der Waals surface area contributed by atoms with Gasteiger partial charge in [-0.3, -0.25) is 9.59 Å². The van der Waals surface area contributed by atoms with Crippen molar-refractivity contribution in [2.24, 2.45) is 11.5 Å². The van der Waals surface area contributed by atoms with E-state index in [0.29, 0.717) is 19.4 Å². The number of nitrogens with two attached hydrogens (primary N) is 2. The van der Waals surface area contributed by atoms with Crippen LogP contribution in [0.15, 0.2) is 0 Å². The second-order valence-electron chi connectivity index (χ2n) is 4.22. The van der Waals surface area contributed by atoms with E-state index in [4.69, 9.17) is 21.7 Å². The van der Waals surface area contributed by atoms with Crippen molar-refractivity contribution in [3.63, 3.8) is 0 Å². The number of nitrogens with one attached hydrogen (secondary N) is 1. The van der Waals surface area contributed by atoms with Crippen LogP contribution in [0.4, 0.5) is 0 Å². The van der Waals surface area contributed by atoms with Gasteiger partial charge in [0.25, 0.3) is 0 Å². The maximum absolute atomic E-state index is 11.6. The first-order chi connectivity index (χ1) is 8.88. The molecule has 0 saturated heterocycles. The van der Waals surface area contributed by atoms with Gasteiger partial charge in [-0.2, -0.15) is 0 Å². The minimum atomic E-state index is -1.14. The summed E-state index contributed by atoms with van der Waals surface area (Å²) in [6, 6.07) is -2.04. The van der Waals surface area contributed by atoms with Crippen molar-refractivity contribution < 1.29 is 24.6 Å². The van der Waals surface area contributed by atoms with Crippen molar-refractivity contribution >= 4 is 17.8 Å². The average Bonchev–Trinajstić information content (AvgIpc) is 2.34. The second kappa shape index (κ2) is 9.29. The quantitative estimate of drug-likeness (QED) is 0.316. The molecule has 1 unspecified atom stereocenters. The number of hydrogen-bond acceptors (Lipinski definition) is 5. The number of carbonyl (C=O) groups excluding carboxylic acids is 1. The molecule has 0 fully saturated rings. The van der Waals surface area contributed by atoms with Gasteiger partial charge in [0.1, 0.15) is 6.04 Å². The molecule has 110 valence electrons. The Bertz CT molecular complexity index is 321. The van der Waals surface area contributed by atoms with Crippen molar-refractivity contribution in [2.45, 2.75) is 44.2 Å². The van der Waals surface area contributed by atoms with Crippen LogP contribution < -0.4 is 16.8 Å². The summed E-state index contributed by atoms with van der Waals surface area (Å²) in [7, 11) is 0. The minimum Gasteiger partial charge on any atom is -0.481 e. The molecule has 0 saturated carbocycles. The monoisotopic (exact) mass is 275 g/mol. The van der Waals surface area contributed by atoms with E-state index in [1.54, 1.807) is 0 Å². The summed E-state index contributed by atoms with van der Waals surface area (Å²) < 4.78 is 0. The molecule has 7 N–H and O–H groups in total. The first-order valence-corrected chi connectivity index (χ1v) is 6.09. The molecular weight excluding hydrogens is 254 g/mol. The number of carboxylic acid groups (broad SMARTS) is 2. The zero-order chi connectivity index (χ0) is 14.8. The van der Waals surface area contributed by atoms with E-state index in [2.05, 4.69) is 5.32 Å². The number of aliphatic carboxylic acids is 2. The molecule has 0 heterocycles. The molecular formula is C11H21N3O5. The average molecular weight is 275 g/mol. The molecule has 0 spiro atoms. The highest BCUT2D eigenvalue weighted by Gasteiger charge is 2.23. The summed E-state index contributed by atoms with van der Waals surface area (Å²) in [6.45, 7) is 0.457. The standard InChI is InChI=1S/C11H21N3O5/c12-6-2-1-3-8(11(18)19)14-10(17)7(13)4-5-9(15)16/h7-8H,1-6,12-13H2,(H,14,17)(H,15,16)(H,18,19)/t7-,8?/m0/s1. The normalized spacial score (nSPS) is 13.6. The van der Waals surface area contributed by atoms with Gasteiger partial charge in [-0.15, -0.1) is 0 Å². The first-order valence-electron chi connectivity index (χ1n) is 6.09. The van der Waals surface area contributed by atoms with Crippen molar-refractivity contribution in [1.29, 1.82) is 0 Å². The van der Waals surface area contributed by atoms with Gasteiger partial charge in [0.05, 0.1) is 6.04 Å². The molecule has 0 rings (SSSR count). The molecule has 0 aromatic heterocycles. The Morgan fingerprint density at radius 2 is 1.74 bits per heavy atom. The Kier molecular flexibility index (Phi) is 8.47. The fraction of sp³-hybridized carbons (Fsp3) is 0.727. The van der Waals surface area contributed by atoms with E-state index in [9.17, 15) is 14.4 Å². The third-order valence-corrected chi connectivity index (χ3v) is 2.57. The highest BCUT2D eigenvalue weighted by Crippen LogP contribution is 2.02. The van der Waals surface area contributed by atoms with Crippen molar-refractivity contribution in [3.8, 4) is 0 Å². The highest BCUT2D eigenvalue weighted by atomic mass is 16.4. The SMILES string of the molecule is NCCCCC(NC(=O)[C@@H](N)CCC(=O)O)C(=O)O. The van der Waals surface area contributed by atoms with Crippen LogP contribution in [0.3, 0.4) is 0 Å². The number of carbonyl (C=O) groups is 3. The maximum atomic E-state index is 11.6. The molecule has 0 aromatic carbocycles. The molecule has 0 aliphatic rings. The molecule has 0 radical (unpaired) electrons. The molecule has 19 heavy (non-hydrogen) atoms. The summed E-state index contributed by atoms with van der Waals surface area (Å²) in [6.07, 6.45) is 1.25. The Labute approximate surface area is 111 Å². The smallest absolute Gasteiger partial charge is 0.326 e. The van der Waals surface area contributed by atoms with Crippen LogP contribution in [0.25, 0.3) is 0 Å². The molecule has 0 aliphatic heterocycles. The Hall–Kier alpha value is -1.67. The van der Waals surface area contributed by atoms with E-state index in [0.717, 1.165) is 0 Å². The van der Waals surface area contributed by atoms with Gasteiger partial charge < -0.3 is 27.0 Å². The third kappa shape index (κ3) is 8.11. The Morgan fingerprint density at radius 3 is 2.21 bits per heavy atom. The van der Waals surface area contributed by atoms with Crippen molar-refractivity contribution in [3.05, 3.63) is 0 Å². The first kappa shape index (κ1) is 17.3. The van der Waals surface area contributed by atoms with E-state index >= 15 is 0 Å². The van der Waals surface area contributed by atoms with Gasteiger partial charge in [-0.05, 0) is 32.2 Å². The molecule has 2 atom stereocenters. The van der Waals surface area contributed by atoms with E-state index in [-0.39, 0.29) is 19.3 Å². The van der Waals surface area contributed by atoms with Crippen LogP contribution in [0.1, 0.15) is 32.1 Å². The van der Waals surface area contributed by atoms with Crippen LogP contribution >= 0.6 is 0 Å². The molecule has 0 bridgehead atoms. The summed E-state index contributed by atoms with van der Waals surface area (Å²) in [5, 5.41) is 19.7. The highest BCUT2D eigenvalue weighted by molar-refractivity contribution is 5.87. The number of amides is 1. The van der Waals surface area contributed by atoms with Gasteiger partial charge in [0, 0.05) is 6.42 Å². The summed E-state index contributed by atoms with van der Waals surface area (Å²) in [5.41, 5.74) is 10.8. The molecule has 8 nitrogen and oxygen atoms in total. The predicted octanol–water partition coefficient (Wildman–Crippen LogP) is -1.12. The zero-order valence-electron chi connectivity index (χ0n) is 10.7. The molecule has 0 aromatic rings. The fourth-order valence-corrected chi connectivity index (χ4v) is 1.44. The van der Waals surface area contributed by atoms with Crippen LogP contribution in [0, 0.1) is 0 Å². The van der Waals surface area contributed by atoms with E-state index in [1.807, 2.05) is 0 Å². The number of hydrogen-bond donors (Lipinski definition) is 5. The van der Waals surface area contributed by atoms with Gasteiger partial charge in [0.2, 0.25) is 5.91 Å². The van der Waals surface area contributed by atoms with Gasteiger partial charge >= 0.3 is 11.9 Å². The van der Waals surface area contributed by atoms with Crippen LogP contribution in [0.2, 0.25) is 0 Å². The number of carboxylic acids is 2. The summed E-state index contributed by atoms with van der Waals surface area (Å²) in [5.74, 6) is -2.85. The van der Waals surface area contributed by atoms with Crippen molar-refractivity contribution in [1.82, 2.24) is 5.32 Å². The topological polar surface area (TPSA) is 156 Å². The Morgan fingerprint density at radius 1 is 1.11 bits per heavy atom. The minimum absolute atomic E-state index is 0.0314. The predicted molar refractivity (Wildman–Crippen MR) is 67.3 cm³/mol. The second-order valence-corrected chi connectivity index (χ2v) is 4.22. The number of rotatable bonds is 10. The largest absolute Gasteiger partial charge is 0.481 e. The van der Waals surface area contributed by atoms with E-state index < -0.39 is 29.9 Å². The Balaban J connectivity index is 4.21. The summed E-state index contributed by atoms with van der Waals surface area (Å²) >= 11 is 0. The van der Waals surface area contributed by atoms with Gasteiger partial charge in [-0.1, -0.05) is 0 Å².